The molecule has 1 aliphatic carbocycles. The second-order valence-corrected chi connectivity index (χ2v) is 4.66. The molecule has 1 unspecified atom stereocenters. The zero-order valence-electron chi connectivity index (χ0n) is 8.55. The van der Waals surface area contributed by atoms with E-state index in [2.05, 4.69) is 21.6 Å². The maximum Gasteiger partial charge on any atom is 0.205 e. The maximum atomic E-state index is 9.72. The van der Waals surface area contributed by atoms with Crippen molar-refractivity contribution in [1.29, 1.82) is 0 Å². The first kappa shape index (κ1) is 9.59. The molecule has 0 bridgehead atoms. The van der Waals surface area contributed by atoms with Crippen molar-refractivity contribution >= 4 is 16.5 Å². The van der Waals surface area contributed by atoms with Crippen LogP contribution in [-0.4, -0.2) is 15.3 Å². The van der Waals surface area contributed by atoms with Crippen molar-refractivity contribution < 1.29 is 5.11 Å². The molecule has 2 aromatic rings. The Labute approximate surface area is 97.0 Å². The third-order valence-corrected chi connectivity index (χ3v) is 3.53. The van der Waals surface area contributed by atoms with Crippen LogP contribution >= 0.6 is 11.3 Å². The Hall–Kier alpha value is -1.62. The Morgan fingerprint density at radius 2 is 2.38 bits per heavy atom. The van der Waals surface area contributed by atoms with E-state index >= 15 is 0 Å². The molecule has 1 aliphatic rings. The standard InChI is InChI=1S/C11H11N3OS/c15-10-3-1-2-7-8(10)4-5-9(7)13-11-14-12-6-16-11/h1-3,6,9,15H,4-5H2,(H,13,14). The number of aromatic hydroxyl groups is 1. The molecule has 0 aliphatic heterocycles. The predicted octanol–water partition coefficient (Wildman–Crippen LogP) is 2.34. The zero-order chi connectivity index (χ0) is 11.0. The number of benzene rings is 1. The van der Waals surface area contributed by atoms with Gasteiger partial charge in [-0.05, 0) is 30.0 Å². The van der Waals surface area contributed by atoms with E-state index in [1.807, 2.05) is 6.07 Å². The molecule has 0 spiro atoms. The molecule has 1 atom stereocenters. The van der Waals surface area contributed by atoms with Gasteiger partial charge in [0, 0.05) is 0 Å². The first-order chi connectivity index (χ1) is 7.84. The van der Waals surface area contributed by atoms with Gasteiger partial charge in [0.1, 0.15) is 11.3 Å². The summed E-state index contributed by atoms with van der Waals surface area (Å²) in [5, 5.41) is 21.7. The fourth-order valence-electron chi connectivity index (χ4n) is 2.17. The van der Waals surface area contributed by atoms with E-state index < -0.39 is 0 Å². The van der Waals surface area contributed by atoms with Crippen LogP contribution < -0.4 is 5.32 Å². The molecule has 5 heteroatoms. The van der Waals surface area contributed by atoms with Crippen LogP contribution in [0.5, 0.6) is 5.75 Å². The fourth-order valence-corrected chi connectivity index (χ4v) is 2.67. The van der Waals surface area contributed by atoms with Crippen LogP contribution in [0.2, 0.25) is 0 Å². The molecule has 0 saturated heterocycles. The number of hydrogen-bond donors (Lipinski definition) is 2. The van der Waals surface area contributed by atoms with Crippen molar-refractivity contribution in [3.05, 3.63) is 34.8 Å². The quantitative estimate of drug-likeness (QED) is 0.836. The molecule has 4 nitrogen and oxygen atoms in total. The van der Waals surface area contributed by atoms with Crippen molar-refractivity contribution in [3.63, 3.8) is 0 Å². The van der Waals surface area contributed by atoms with Gasteiger partial charge >= 0.3 is 0 Å². The van der Waals surface area contributed by atoms with Gasteiger partial charge in [-0.15, -0.1) is 10.2 Å². The lowest BCUT2D eigenvalue weighted by atomic mass is 10.1. The molecule has 1 heterocycles. The highest BCUT2D eigenvalue weighted by Crippen LogP contribution is 2.38. The second-order valence-electron chi connectivity index (χ2n) is 3.82. The van der Waals surface area contributed by atoms with Crippen molar-refractivity contribution in [2.45, 2.75) is 18.9 Å². The van der Waals surface area contributed by atoms with Gasteiger partial charge in [-0.1, -0.05) is 23.5 Å². The van der Waals surface area contributed by atoms with Crippen molar-refractivity contribution in [2.75, 3.05) is 5.32 Å². The van der Waals surface area contributed by atoms with Gasteiger partial charge in [-0.2, -0.15) is 0 Å². The Morgan fingerprint density at radius 1 is 1.44 bits per heavy atom. The minimum absolute atomic E-state index is 0.245. The molecule has 0 radical (unpaired) electrons. The van der Waals surface area contributed by atoms with E-state index in [9.17, 15) is 5.11 Å². The number of phenolic OH excluding ortho intramolecular Hbond substituents is 1. The van der Waals surface area contributed by atoms with E-state index in [-0.39, 0.29) is 6.04 Å². The number of hydrogen-bond acceptors (Lipinski definition) is 5. The molecule has 0 amide bonds. The number of nitrogens with zero attached hydrogens (tertiary/aromatic N) is 2. The predicted molar refractivity (Wildman–Crippen MR) is 62.7 cm³/mol. The van der Waals surface area contributed by atoms with Gasteiger partial charge in [0.05, 0.1) is 6.04 Å². The molecule has 3 rings (SSSR count). The topological polar surface area (TPSA) is 58.0 Å². The summed E-state index contributed by atoms with van der Waals surface area (Å²) in [6.45, 7) is 0. The molecular weight excluding hydrogens is 222 g/mol. The van der Waals surface area contributed by atoms with Crippen molar-refractivity contribution in [2.24, 2.45) is 0 Å². The summed E-state index contributed by atoms with van der Waals surface area (Å²) in [5.74, 6) is 0.402. The normalized spacial score (nSPS) is 18.4. The average Bonchev–Trinajstić information content (AvgIpc) is 2.90. The first-order valence-corrected chi connectivity index (χ1v) is 6.06. The summed E-state index contributed by atoms with van der Waals surface area (Å²) in [4.78, 5) is 0. The van der Waals surface area contributed by atoms with Crippen LogP contribution in [-0.2, 0) is 6.42 Å². The average molecular weight is 233 g/mol. The summed E-state index contributed by atoms with van der Waals surface area (Å²) >= 11 is 1.49. The molecule has 1 aromatic heterocycles. The summed E-state index contributed by atoms with van der Waals surface area (Å²) in [7, 11) is 0. The highest BCUT2D eigenvalue weighted by molar-refractivity contribution is 7.13. The Kier molecular flexibility index (Phi) is 2.25. The van der Waals surface area contributed by atoms with Crippen LogP contribution in [0.15, 0.2) is 23.7 Å². The number of nitrogens with one attached hydrogen (secondary N) is 1. The van der Waals surface area contributed by atoms with E-state index in [4.69, 9.17) is 0 Å². The van der Waals surface area contributed by atoms with Crippen molar-refractivity contribution in [3.8, 4) is 5.75 Å². The SMILES string of the molecule is Oc1cccc2c1CCC2Nc1nncs1. The summed E-state index contributed by atoms with van der Waals surface area (Å²) < 4.78 is 0. The van der Waals surface area contributed by atoms with Gasteiger partial charge in [0.2, 0.25) is 5.13 Å². The molecule has 1 aromatic carbocycles. The third kappa shape index (κ3) is 1.53. The third-order valence-electron chi connectivity index (χ3n) is 2.90. The van der Waals surface area contributed by atoms with Gasteiger partial charge in [-0.25, -0.2) is 0 Å². The van der Waals surface area contributed by atoms with E-state index in [0.29, 0.717) is 5.75 Å². The van der Waals surface area contributed by atoms with Crippen LogP contribution in [0.1, 0.15) is 23.6 Å². The van der Waals surface area contributed by atoms with E-state index in [1.54, 1.807) is 11.6 Å². The molecule has 16 heavy (non-hydrogen) atoms. The molecule has 82 valence electrons. The second kappa shape index (κ2) is 3.75. The van der Waals surface area contributed by atoms with Crippen LogP contribution in [0, 0.1) is 0 Å². The lowest BCUT2D eigenvalue weighted by Gasteiger charge is -2.12. The lowest BCUT2D eigenvalue weighted by molar-refractivity contribution is 0.469. The number of fused-ring (bicyclic) bond motifs is 1. The first-order valence-electron chi connectivity index (χ1n) is 5.18. The van der Waals surface area contributed by atoms with E-state index in [1.165, 1.54) is 16.9 Å². The zero-order valence-corrected chi connectivity index (χ0v) is 9.37. The molecular formula is C11H11N3OS. The Balaban J connectivity index is 1.89. The monoisotopic (exact) mass is 233 g/mol. The molecule has 2 N–H and O–H groups in total. The number of aromatic nitrogens is 2. The fraction of sp³-hybridized carbons (Fsp3) is 0.273. The summed E-state index contributed by atoms with van der Waals surface area (Å²) in [6.07, 6.45) is 1.91. The minimum Gasteiger partial charge on any atom is -0.508 e. The summed E-state index contributed by atoms with van der Waals surface area (Å²) in [6, 6.07) is 5.93. The largest absolute Gasteiger partial charge is 0.508 e. The van der Waals surface area contributed by atoms with Crippen LogP contribution in [0.3, 0.4) is 0 Å². The van der Waals surface area contributed by atoms with Gasteiger partial charge in [0.15, 0.2) is 0 Å². The Morgan fingerprint density at radius 3 is 3.19 bits per heavy atom. The minimum atomic E-state index is 0.245. The molecule has 0 fully saturated rings. The lowest BCUT2D eigenvalue weighted by Crippen LogP contribution is -2.06. The number of anilines is 1. The number of phenols is 1. The number of rotatable bonds is 2. The van der Waals surface area contributed by atoms with Crippen LogP contribution in [0.25, 0.3) is 0 Å². The molecule has 0 saturated carbocycles. The summed E-state index contributed by atoms with van der Waals surface area (Å²) in [5.41, 5.74) is 3.94. The highest BCUT2D eigenvalue weighted by atomic mass is 32.1. The van der Waals surface area contributed by atoms with Gasteiger partial charge in [-0.3, -0.25) is 0 Å². The van der Waals surface area contributed by atoms with Gasteiger partial charge in [0.25, 0.3) is 0 Å². The maximum absolute atomic E-state index is 9.72. The van der Waals surface area contributed by atoms with E-state index in [0.717, 1.165) is 23.5 Å². The van der Waals surface area contributed by atoms with Crippen molar-refractivity contribution in [1.82, 2.24) is 10.2 Å². The van der Waals surface area contributed by atoms with Gasteiger partial charge < -0.3 is 10.4 Å². The smallest absolute Gasteiger partial charge is 0.205 e. The Bertz CT molecular complexity index is 498. The van der Waals surface area contributed by atoms with Crippen LogP contribution in [0.4, 0.5) is 5.13 Å². The highest BCUT2D eigenvalue weighted by Gasteiger charge is 2.24.